The van der Waals surface area contributed by atoms with Crippen LogP contribution in [0.15, 0.2) is 36.4 Å². The Hall–Kier alpha value is -2.27. The number of nitrogens with zero attached hydrogens (tertiary/aromatic N) is 1. The molecule has 0 N–H and O–H groups in total. The lowest BCUT2D eigenvalue weighted by Gasteiger charge is -2.11. The summed E-state index contributed by atoms with van der Waals surface area (Å²) in [6.07, 6.45) is 0. The Morgan fingerprint density at radius 3 is 2.33 bits per heavy atom. The average Bonchev–Trinajstić information content (AvgIpc) is 2.36. The Labute approximate surface area is 107 Å². The van der Waals surface area contributed by atoms with Crippen LogP contribution < -0.4 is 4.74 Å². The summed E-state index contributed by atoms with van der Waals surface area (Å²) in [5.74, 6) is 1.66. The number of hydrogen-bond acceptors (Lipinski definition) is 2. The molecule has 0 bridgehead atoms. The molecule has 90 valence electrons. The molecule has 0 atom stereocenters. The van der Waals surface area contributed by atoms with Gasteiger partial charge in [0.25, 0.3) is 0 Å². The van der Waals surface area contributed by atoms with Crippen LogP contribution in [0.3, 0.4) is 0 Å². The summed E-state index contributed by atoms with van der Waals surface area (Å²) in [5, 5.41) is 8.83. The number of aryl methyl sites for hydroxylation is 3. The van der Waals surface area contributed by atoms with E-state index in [0.717, 1.165) is 22.6 Å². The van der Waals surface area contributed by atoms with Gasteiger partial charge in [-0.05, 0) is 61.7 Å². The molecule has 0 heterocycles. The molecule has 0 amide bonds. The van der Waals surface area contributed by atoms with Crippen LogP contribution in [0, 0.1) is 32.1 Å². The van der Waals surface area contributed by atoms with Gasteiger partial charge in [-0.1, -0.05) is 12.1 Å². The highest BCUT2D eigenvalue weighted by atomic mass is 16.5. The van der Waals surface area contributed by atoms with E-state index in [0.29, 0.717) is 5.56 Å². The van der Waals surface area contributed by atoms with E-state index in [1.807, 2.05) is 45.0 Å². The molecule has 2 rings (SSSR count). The maximum absolute atomic E-state index is 8.83. The van der Waals surface area contributed by atoms with E-state index < -0.39 is 0 Å². The molecule has 2 nitrogen and oxygen atoms in total. The third-order valence-electron chi connectivity index (χ3n) is 2.87. The van der Waals surface area contributed by atoms with Gasteiger partial charge < -0.3 is 4.74 Å². The summed E-state index contributed by atoms with van der Waals surface area (Å²) >= 11 is 0. The smallest absolute Gasteiger partial charge is 0.130 e. The Morgan fingerprint density at radius 1 is 0.889 bits per heavy atom. The van der Waals surface area contributed by atoms with Gasteiger partial charge in [0.2, 0.25) is 0 Å². The van der Waals surface area contributed by atoms with Crippen molar-refractivity contribution in [2.45, 2.75) is 20.8 Å². The molecular formula is C16H15NO. The van der Waals surface area contributed by atoms with Crippen molar-refractivity contribution in [2.75, 3.05) is 0 Å². The van der Waals surface area contributed by atoms with E-state index in [2.05, 4.69) is 12.1 Å². The van der Waals surface area contributed by atoms with E-state index in [1.165, 1.54) is 5.56 Å². The minimum Gasteiger partial charge on any atom is -0.457 e. The zero-order valence-corrected chi connectivity index (χ0v) is 10.8. The van der Waals surface area contributed by atoms with Crippen LogP contribution >= 0.6 is 0 Å². The van der Waals surface area contributed by atoms with E-state index in [-0.39, 0.29) is 0 Å². The van der Waals surface area contributed by atoms with Crippen LogP contribution in [0.2, 0.25) is 0 Å². The van der Waals surface area contributed by atoms with Crippen LogP contribution in [-0.4, -0.2) is 0 Å². The fourth-order valence-electron chi connectivity index (χ4n) is 1.77. The summed E-state index contributed by atoms with van der Waals surface area (Å²) in [4.78, 5) is 0. The van der Waals surface area contributed by atoms with Gasteiger partial charge in [0.15, 0.2) is 0 Å². The number of hydrogen-bond donors (Lipinski definition) is 0. The molecule has 0 aliphatic rings. The van der Waals surface area contributed by atoms with E-state index >= 15 is 0 Å². The number of rotatable bonds is 2. The van der Waals surface area contributed by atoms with Crippen molar-refractivity contribution in [1.29, 1.82) is 5.26 Å². The first-order valence-corrected chi connectivity index (χ1v) is 5.86. The van der Waals surface area contributed by atoms with Crippen molar-refractivity contribution in [3.05, 3.63) is 58.7 Å². The predicted octanol–water partition coefficient (Wildman–Crippen LogP) is 4.28. The van der Waals surface area contributed by atoms with Gasteiger partial charge in [-0.15, -0.1) is 0 Å². The largest absolute Gasteiger partial charge is 0.457 e. The van der Waals surface area contributed by atoms with Gasteiger partial charge in [-0.2, -0.15) is 5.26 Å². The van der Waals surface area contributed by atoms with Crippen molar-refractivity contribution in [1.82, 2.24) is 0 Å². The highest BCUT2D eigenvalue weighted by molar-refractivity contribution is 5.45. The van der Waals surface area contributed by atoms with Gasteiger partial charge in [0.05, 0.1) is 11.6 Å². The summed E-state index contributed by atoms with van der Waals surface area (Å²) < 4.78 is 5.91. The molecule has 0 aliphatic heterocycles. The second-order valence-corrected chi connectivity index (χ2v) is 4.46. The van der Waals surface area contributed by atoms with Gasteiger partial charge in [-0.25, -0.2) is 0 Å². The molecule has 2 aromatic rings. The quantitative estimate of drug-likeness (QED) is 0.781. The first-order chi connectivity index (χ1) is 8.60. The molecular weight excluding hydrogens is 222 g/mol. The van der Waals surface area contributed by atoms with Crippen LogP contribution in [0.25, 0.3) is 0 Å². The maximum Gasteiger partial charge on any atom is 0.130 e. The van der Waals surface area contributed by atoms with Crippen molar-refractivity contribution < 1.29 is 4.74 Å². The van der Waals surface area contributed by atoms with Crippen LogP contribution in [0.4, 0.5) is 0 Å². The molecule has 0 saturated carbocycles. The fourth-order valence-corrected chi connectivity index (χ4v) is 1.77. The molecule has 2 aromatic carbocycles. The van der Waals surface area contributed by atoms with E-state index in [9.17, 15) is 0 Å². The van der Waals surface area contributed by atoms with Crippen molar-refractivity contribution in [3.63, 3.8) is 0 Å². The van der Waals surface area contributed by atoms with Gasteiger partial charge in [0.1, 0.15) is 11.5 Å². The van der Waals surface area contributed by atoms with Crippen LogP contribution in [0.1, 0.15) is 22.3 Å². The van der Waals surface area contributed by atoms with Gasteiger partial charge in [0, 0.05) is 0 Å². The second-order valence-electron chi connectivity index (χ2n) is 4.46. The summed E-state index contributed by atoms with van der Waals surface area (Å²) in [6.45, 7) is 6.01. The molecule has 2 heteroatoms. The minimum atomic E-state index is 0.654. The molecule has 18 heavy (non-hydrogen) atoms. The SMILES string of the molecule is Cc1ccc(C)c(Oc2ccc(C#N)cc2C)c1. The lowest BCUT2D eigenvalue weighted by atomic mass is 10.1. The zero-order chi connectivity index (χ0) is 13.1. The first kappa shape index (κ1) is 12.2. The molecule has 0 unspecified atom stereocenters. The van der Waals surface area contributed by atoms with Crippen molar-refractivity contribution in [2.24, 2.45) is 0 Å². The standard InChI is InChI=1S/C16H15NO/c1-11-4-5-12(2)16(8-11)18-15-7-6-14(10-17)9-13(15)3/h4-9H,1-3H3. The average molecular weight is 237 g/mol. The second kappa shape index (κ2) is 4.93. The monoisotopic (exact) mass is 237 g/mol. The molecule has 0 aliphatic carbocycles. The topological polar surface area (TPSA) is 33.0 Å². The van der Waals surface area contributed by atoms with Gasteiger partial charge >= 0.3 is 0 Å². The Balaban J connectivity index is 2.34. The van der Waals surface area contributed by atoms with E-state index in [1.54, 1.807) is 6.07 Å². The highest BCUT2D eigenvalue weighted by Gasteiger charge is 2.05. The van der Waals surface area contributed by atoms with Crippen molar-refractivity contribution in [3.8, 4) is 17.6 Å². The lowest BCUT2D eigenvalue weighted by molar-refractivity contribution is 0.475. The fraction of sp³-hybridized carbons (Fsp3) is 0.188. The van der Waals surface area contributed by atoms with Crippen molar-refractivity contribution >= 4 is 0 Å². The minimum absolute atomic E-state index is 0.654. The summed E-state index contributed by atoms with van der Waals surface area (Å²) in [6, 6.07) is 13.7. The molecule has 0 aromatic heterocycles. The summed E-state index contributed by atoms with van der Waals surface area (Å²) in [5.41, 5.74) is 3.89. The Morgan fingerprint density at radius 2 is 1.67 bits per heavy atom. The molecule has 0 saturated heterocycles. The molecule has 0 radical (unpaired) electrons. The third-order valence-corrected chi connectivity index (χ3v) is 2.87. The maximum atomic E-state index is 8.83. The Kier molecular flexibility index (Phi) is 3.34. The molecule has 0 spiro atoms. The number of ether oxygens (including phenoxy) is 1. The number of benzene rings is 2. The Bertz CT molecular complexity index is 623. The zero-order valence-electron chi connectivity index (χ0n) is 10.8. The lowest BCUT2D eigenvalue weighted by Crippen LogP contribution is -1.91. The predicted molar refractivity (Wildman–Crippen MR) is 71.9 cm³/mol. The van der Waals surface area contributed by atoms with Gasteiger partial charge in [-0.3, -0.25) is 0 Å². The van der Waals surface area contributed by atoms with E-state index in [4.69, 9.17) is 10.00 Å². The third kappa shape index (κ3) is 2.52. The first-order valence-electron chi connectivity index (χ1n) is 5.86. The normalized spacial score (nSPS) is 9.89. The summed E-state index contributed by atoms with van der Waals surface area (Å²) in [7, 11) is 0. The van der Waals surface area contributed by atoms with Crippen LogP contribution in [-0.2, 0) is 0 Å². The highest BCUT2D eigenvalue weighted by Crippen LogP contribution is 2.28. The molecule has 0 fully saturated rings. The number of nitriles is 1. The van der Waals surface area contributed by atoms with Crippen LogP contribution in [0.5, 0.6) is 11.5 Å².